The number of rotatable bonds is 2. The lowest BCUT2D eigenvalue weighted by Gasteiger charge is -2.07. The maximum absolute atomic E-state index is 9.39. The molecule has 0 heterocycles. The second-order valence-corrected chi connectivity index (χ2v) is 4.77. The molecule has 0 unspecified atom stereocenters. The van der Waals surface area contributed by atoms with Crippen LogP contribution in [0.15, 0.2) is 16.6 Å². The van der Waals surface area contributed by atoms with E-state index in [9.17, 15) is 5.11 Å². The van der Waals surface area contributed by atoms with Crippen molar-refractivity contribution in [3.05, 3.63) is 27.2 Å². The number of benzene rings is 1. The Kier molecular flexibility index (Phi) is 3.63. The third-order valence-corrected chi connectivity index (χ3v) is 2.61. The first-order valence-corrected chi connectivity index (χ1v) is 5.34. The lowest BCUT2D eigenvalue weighted by molar-refractivity contribution is 0.471. The van der Waals surface area contributed by atoms with Gasteiger partial charge in [-0.2, -0.15) is 0 Å². The molecule has 0 saturated carbocycles. The van der Waals surface area contributed by atoms with Gasteiger partial charge in [-0.25, -0.2) is 0 Å². The summed E-state index contributed by atoms with van der Waals surface area (Å²) in [6, 6.07) is 3.71. The first-order valence-electron chi connectivity index (χ1n) is 4.17. The van der Waals surface area contributed by atoms with Gasteiger partial charge in [0.05, 0.1) is 9.50 Å². The van der Waals surface area contributed by atoms with Gasteiger partial charge in [-0.15, -0.1) is 0 Å². The standard InChI is InChI=1S/C10H12BrClO/c1-6(2)3-7-4-8(11)10(13)9(12)5-7/h4-6,13H,3H2,1-2H3. The maximum Gasteiger partial charge on any atom is 0.148 e. The molecule has 1 aromatic rings. The molecule has 0 atom stereocenters. The highest BCUT2D eigenvalue weighted by atomic mass is 79.9. The molecular weight excluding hydrogens is 251 g/mol. The van der Waals surface area contributed by atoms with Crippen molar-refractivity contribution < 1.29 is 5.11 Å². The summed E-state index contributed by atoms with van der Waals surface area (Å²) < 4.78 is 0.663. The molecule has 0 radical (unpaired) electrons. The number of aromatic hydroxyl groups is 1. The van der Waals surface area contributed by atoms with Crippen molar-refractivity contribution in [2.24, 2.45) is 5.92 Å². The summed E-state index contributed by atoms with van der Waals surface area (Å²) >= 11 is 9.07. The number of phenolic OH excluding ortho intramolecular Hbond substituents is 1. The fourth-order valence-electron chi connectivity index (χ4n) is 1.21. The van der Waals surface area contributed by atoms with E-state index in [1.807, 2.05) is 12.1 Å². The zero-order valence-electron chi connectivity index (χ0n) is 7.64. The van der Waals surface area contributed by atoms with Crippen molar-refractivity contribution in [1.29, 1.82) is 0 Å². The molecule has 0 amide bonds. The minimum absolute atomic E-state index is 0.120. The second-order valence-electron chi connectivity index (χ2n) is 3.51. The average molecular weight is 264 g/mol. The smallest absolute Gasteiger partial charge is 0.148 e. The van der Waals surface area contributed by atoms with Crippen LogP contribution in [-0.2, 0) is 6.42 Å². The van der Waals surface area contributed by atoms with Crippen LogP contribution in [0.2, 0.25) is 5.02 Å². The van der Waals surface area contributed by atoms with Crippen LogP contribution >= 0.6 is 27.5 Å². The van der Waals surface area contributed by atoms with Gasteiger partial charge in [0.2, 0.25) is 0 Å². The molecule has 1 nitrogen and oxygen atoms in total. The van der Waals surface area contributed by atoms with Crippen LogP contribution < -0.4 is 0 Å². The lowest BCUT2D eigenvalue weighted by atomic mass is 10.0. The summed E-state index contributed by atoms with van der Waals surface area (Å²) in [4.78, 5) is 0. The van der Waals surface area contributed by atoms with E-state index in [0.717, 1.165) is 12.0 Å². The van der Waals surface area contributed by atoms with Crippen LogP contribution in [0.25, 0.3) is 0 Å². The molecule has 0 fully saturated rings. The zero-order chi connectivity index (χ0) is 10.0. The SMILES string of the molecule is CC(C)Cc1cc(Cl)c(O)c(Br)c1. The first kappa shape index (κ1) is 10.9. The van der Waals surface area contributed by atoms with E-state index in [4.69, 9.17) is 11.6 Å². The van der Waals surface area contributed by atoms with Crippen molar-refractivity contribution in [2.75, 3.05) is 0 Å². The highest BCUT2D eigenvalue weighted by Gasteiger charge is 2.06. The Labute approximate surface area is 91.9 Å². The van der Waals surface area contributed by atoms with E-state index >= 15 is 0 Å². The van der Waals surface area contributed by atoms with Gasteiger partial charge in [0.15, 0.2) is 0 Å². The summed E-state index contributed by atoms with van der Waals surface area (Å²) in [5.74, 6) is 0.710. The summed E-state index contributed by atoms with van der Waals surface area (Å²) in [6.07, 6.45) is 0.971. The molecule has 0 saturated heterocycles. The van der Waals surface area contributed by atoms with Crippen LogP contribution in [0.5, 0.6) is 5.75 Å². The Bertz CT molecular complexity index is 287. The van der Waals surface area contributed by atoms with Crippen LogP contribution in [0, 0.1) is 5.92 Å². The van der Waals surface area contributed by atoms with Gasteiger partial charge in [-0.3, -0.25) is 0 Å². The Morgan fingerprint density at radius 1 is 1.46 bits per heavy atom. The molecule has 3 heteroatoms. The molecule has 0 bridgehead atoms. The lowest BCUT2D eigenvalue weighted by Crippen LogP contribution is -1.93. The van der Waals surface area contributed by atoms with Gasteiger partial charge in [-0.05, 0) is 46.0 Å². The van der Waals surface area contributed by atoms with E-state index in [0.29, 0.717) is 15.4 Å². The summed E-state index contributed by atoms with van der Waals surface area (Å²) in [7, 11) is 0. The van der Waals surface area contributed by atoms with Gasteiger partial charge in [0.25, 0.3) is 0 Å². The number of hydrogen-bond donors (Lipinski definition) is 1. The molecule has 13 heavy (non-hydrogen) atoms. The molecule has 0 aromatic heterocycles. The Morgan fingerprint density at radius 2 is 2.08 bits per heavy atom. The Hall–Kier alpha value is -0.210. The third-order valence-electron chi connectivity index (χ3n) is 1.72. The maximum atomic E-state index is 9.39. The van der Waals surface area contributed by atoms with Gasteiger partial charge in [0.1, 0.15) is 5.75 Å². The fourth-order valence-corrected chi connectivity index (χ4v) is 2.07. The van der Waals surface area contributed by atoms with Gasteiger partial charge in [0, 0.05) is 0 Å². The van der Waals surface area contributed by atoms with Crippen LogP contribution in [0.4, 0.5) is 0 Å². The number of phenols is 1. The van der Waals surface area contributed by atoms with E-state index in [1.165, 1.54) is 0 Å². The second kappa shape index (κ2) is 4.34. The van der Waals surface area contributed by atoms with E-state index in [1.54, 1.807) is 0 Å². The number of hydrogen-bond acceptors (Lipinski definition) is 1. The molecule has 1 rings (SSSR count). The molecular formula is C10H12BrClO. The Balaban J connectivity index is 2.99. The first-order chi connectivity index (χ1) is 6.00. The van der Waals surface area contributed by atoms with Gasteiger partial charge < -0.3 is 5.11 Å². The molecule has 0 aliphatic carbocycles. The summed E-state index contributed by atoms with van der Waals surface area (Å²) in [6.45, 7) is 4.29. The monoisotopic (exact) mass is 262 g/mol. The van der Waals surface area contributed by atoms with Gasteiger partial charge in [-0.1, -0.05) is 25.4 Å². The zero-order valence-corrected chi connectivity index (χ0v) is 9.98. The van der Waals surface area contributed by atoms with Crippen LogP contribution in [0.3, 0.4) is 0 Å². The Morgan fingerprint density at radius 3 is 2.54 bits per heavy atom. The van der Waals surface area contributed by atoms with E-state index < -0.39 is 0 Å². The number of halogens is 2. The van der Waals surface area contributed by atoms with E-state index in [2.05, 4.69) is 29.8 Å². The topological polar surface area (TPSA) is 20.2 Å². The van der Waals surface area contributed by atoms with Crippen molar-refractivity contribution in [3.8, 4) is 5.75 Å². The summed E-state index contributed by atoms with van der Waals surface area (Å²) in [5, 5.41) is 9.79. The highest BCUT2D eigenvalue weighted by molar-refractivity contribution is 9.10. The molecule has 1 N–H and O–H groups in total. The normalized spacial score (nSPS) is 10.8. The summed E-state index contributed by atoms with van der Waals surface area (Å²) in [5.41, 5.74) is 1.14. The van der Waals surface area contributed by atoms with Crippen molar-refractivity contribution in [3.63, 3.8) is 0 Å². The predicted molar refractivity (Wildman–Crippen MR) is 59.4 cm³/mol. The van der Waals surface area contributed by atoms with Crippen LogP contribution in [0.1, 0.15) is 19.4 Å². The quantitative estimate of drug-likeness (QED) is 0.855. The van der Waals surface area contributed by atoms with Crippen molar-refractivity contribution in [1.82, 2.24) is 0 Å². The van der Waals surface area contributed by atoms with Crippen LogP contribution in [-0.4, -0.2) is 5.11 Å². The predicted octanol–water partition coefficient (Wildman–Crippen LogP) is 4.01. The third kappa shape index (κ3) is 2.89. The molecule has 72 valence electrons. The van der Waals surface area contributed by atoms with E-state index in [-0.39, 0.29) is 5.75 Å². The largest absolute Gasteiger partial charge is 0.505 e. The fraction of sp³-hybridized carbons (Fsp3) is 0.400. The molecule has 1 aromatic carbocycles. The minimum Gasteiger partial charge on any atom is -0.505 e. The van der Waals surface area contributed by atoms with Crippen molar-refractivity contribution in [2.45, 2.75) is 20.3 Å². The molecule has 0 aliphatic rings. The highest BCUT2D eigenvalue weighted by Crippen LogP contribution is 2.33. The average Bonchev–Trinajstić information content (AvgIpc) is 1.98. The molecule has 0 aliphatic heterocycles. The van der Waals surface area contributed by atoms with Crippen molar-refractivity contribution >= 4 is 27.5 Å². The molecule has 0 spiro atoms. The minimum atomic E-state index is 0.120. The van der Waals surface area contributed by atoms with Gasteiger partial charge >= 0.3 is 0 Å².